The van der Waals surface area contributed by atoms with E-state index in [1.807, 2.05) is 26.0 Å². The van der Waals surface area contributed by atoms with E-state index in [1.54, 1.807) is 24.3 Å². The number of carbonyl (C=O) groups is 1. The van der Waals surface area contributed by atoms with Crippen molar-refractivity contribution in [2.45, 2.75) is 90.4 Å². The number of aromatic hydroxyl groups is 2. The Morgan fingerprint density at radius 2 is 1.34 bits per heavy atom. The Morgan fingerprint density at radius 1 is 0.800 bits per heavy atom. The van der Waals surface area contributed by atoms with Gasteiger partial charge in [0.2, 0.25) is 5.79 Å². The smallest absolute Gasteiger partial charge is 0.338 e. The van der Waals surface area contributed by atoms with Gasteiger partial charge in [-0.2, -0.15) is 0 Å². The molecule has 0 radical (unpaired) electrons. The van der Waals surface area contributed by atoms with E-state index >= 15 is 0 Å². The van der Waals surface area contributed by atoms with Crippen molar-refractivity contribution in [1.29, 1.82) is 0 Å². The largest absolute Gasteiger partial charge is 0.508 e. The number of hydrogen-bond donors (Lipinski definition) is 2. The number of hydrogen-bond acceptors (Lipinski definition) is 6. The van der Waals surface area contributed by atoms with Crippen LogP contribution in [0.5, 0.6) is 11.5 Å². The number of esters is 1. The number of unbranched alkanes of at least 4 members (excludes halogenated alkanes) is 5. The van der Waals surface area contributed by atoms with E-state index in [4.69, 9.17) is 14.2 Å². The van der Waals surface area contributed by atoms with Crippen molar-refractivity contribution in [3.8, 4) is 11.5 Å². The minimum absolute atomic E-state index is 0.0945. The van der Waals surface area contributed by atoms with E-state index in [2.05, 4.69) is 6.92 Å². The molecule has 6 nitrogen and oxygen atoms in total. The SMILES string of the molecule is CCCCCCCCC(OC(=O)c1ccc(O)cc1)C(CCc1ccc(O)cc1)(OCC)OCC. The fourth-order valence-electron chi connectivity index (χ4n) is 4.28. The van der Waals surface area contributed by atoms with Crippen LogP contribution in [0.3, 0.4) is 0 Å². The van der Waals surface area contributed by atoms with Crippen LogP contribution in [-0.4, -0.2) is 41.3 Å². The molecule has 2 aromatic carbocycles. The number of benzene rings is 2. The molecule has 1 unspecified atom stereocenters. The van der Waals surface area contributed by atoms with Gasteiger partial charge in [0.15, 0.2) is 6.10 Å². The second-order valence-electron chi connectivity index (χ2n) is 8.84. The Balaban J connectivity index is 2.24. The quantitative estimate of drug-likeness (QED) is 0.146. The second-order valence-corrected chi connectivity index (χ2v) is 8.84. The first-order valence-electron chi connectivity index (χ1n) is 13.0. The summed E-state index contributed by atoms with van der Waals surface area (Å²) in [6.45, 7) is 6.86. The van der Waals surface area contributed by atoms with Gasteiger partial charge in [0, 0.05) is 19.6 Å². The monoisotopic (exact) mass is 486 g/mol. The maximum absolute atomic E-state index is 13.1. The third-order valence-corrected chi connectivity index (χ3v) is 6.14. The molecule has 0 fully saturated rings. The summed E-state index contributed by atoms with van der Waals surface area (Å²) in [4.78, 5) is 13.1. The van der Waals surface area contributed by atoms with Crippen molar-refractivity contribution in [1.82, 2.24) is 0 Å². The van der Waals surface area contributed by atoms with Gasteiger partial charge in [0.1, 0.15) is 11.5 Å². The molecule has 35 heavy (non-hydrogen) atoms. The second kappa shape index (κ2) is 15.4. The number of carbonyl (C=O) groups excluding carboxylic acids is 1. The molecule has 2 aromatic rings. The van der Waals surface area contributed by atoms with Gasteiger partial charge in [-0.3, -0.25) is 0 Å². The summed E-state index contributed by atoms with van der Waals surface area (Å²) >= 11 is 0. The van der Waals surface area contributed by atoms with Crippen molar-refractivity contribution in [2.75, 3.05) is 13.2 Å². The first-order chi connectivity index (χ1) is 16.9. The van der Waals surface area contributed by atoms with Crippen LogP contribution < -0.4 is 0 Å². The van der Waals surface area contributed by atoms with Gasteiger partial charge in [-0.1, -0.05) is 51.2 Å². The fraction of sp³-hybridized carbons (Fsp3) is 0.552. The van der Waals surface area contributed by atoms with E-state index in [0.717, 1.165) is 24.8 Å². The summed E-state index contributed by atoms with van der Waals surface area (Å²) in [5.41, 5.74) is 1.41. The van der Waals surface area contributed by atoms with Crippen LogP contribution >= 0.6 is 0 Å². The van der Waals surface area contributed by atoms with Crippen molar-refractivity contribution in [3.05, 3.63) is 59.7 Å². The highest BCUT2D eigenvalue weighted by atomic mass is 16.7. The van der Waals surface area contributed by atoms with E-state index in [-0.39, 0.29) is 11.5 Å². The van der Waals surface area contributed by atoms with Gasteiger partial charge in [0.25, 0.3) is 0 Å². The van der Waals surface area contributed by atoms with Crippen LogP contribution in [0.1, 0.15) is 88.1 Å². The summed E-state index contributed by atoms with van der Waals surface area (Å²) in [6, 6.07) is 13.1. The highest BCUT2D eigenvalue weighted by molar-refractivity contribution is 5.89. The summed E-state index contributed by atoms with van der Waals surface area (Å²) < 4.78 is 18.6. The molecule has 0 bridgehead atoms. The molecule has 0 heterocycles. The van der Waals surface area contributed by atoms with Crippen LogP contribution in [-0.2, 0) is 20.6 Å². The molecule has 0 amide bonds. The topological polar surface area (TPSA) is 85.2 Å². The molecule has 0 saturated carbocycles. The molecule has 0 spiro atoms. The zero-order valence-corrected chi connectivity index (χ0v) is 21.5. The highest BCUT2D eigenvalue weighted by Crippen LogP contribution is 2.32. The molecule has 2 rings (SSSR count). The first kappa shape index (κ1) is 28.7. The van der Waals surface area contributed by atoms with E-state index < -0.39 is 17.9 Å². The van der Waals surface area contributed by atoms with Crippen molar-refractivity contribution in [3.63, 3.8) is 0 Å². The van der Waals surface area contributed by atoms with Gasteiger partial charge in [-0.25, -0.2) is 4.79 Å². The summed E-state index contributed by atoms with van der Waals surface area (Å²) in [5, 5.41) is 19.2. The molecule has 0 aromatic heterocycles. The fourth-order valence-corrected chi connectivity index (χ4v) is 4.28. The number of phenolic OH excluding ortho intramolecular Hbond substituents is 2. The molecule has 0 saturated heterocycles. The summed E-state index contributed by atoms with van der Waals surface area (Å²) in [6.07, 6.45) is 7.92. The molecular weight excluding hydrogens is 444 g/mol. The Morgan fingerprint density at radius 3 is 1.91 bits per heavy atom. The van der Waals surface area contributed by atoms with Crippen molar-refractivity contribution < 1.29 is 29.2 Å². The third kappa shape index (κ3) is 9.54. The lowest BCUT2D eigenvalue weighted by Crippen LogP contribution is -2.50. The zero-order chi connectivity index (χ0) is 25.5. The minimum atomic E-state index is -1.09. The summed E-state index contributed by atoms with van der Waals surface area (Å²) in [5.74, 6) is -1.23. The van der Waals surface area contributed by atoms with Gasteiger partial charge >= 0.3 is 5.97 Å². The van der Waals surface area contributed by atoms with Crippen LogP contribution in [0, 0.1) is 0 Å². The average Bonchev–Trinajstić information content (AvgIpc) is 2.85. The standard InChI is InChI=1S/C29H42O6/c1-4-7-8-9-10-11-12-27(35-28(32)24-15-19-26(31)20-16-24)29(33-5-2,34-6-3)22-21-23-13-17-25(30)18-14-23/h13-20,27,30-31H,4-12,21-22H2,1-3H3. The predicted molar refractivity (Wildman–Crippen MR) is 138 cm³/mol. The van der Waals surface area contributed by atoms with Gasteiger partial charge in [-0.05, 0) is 75.1 Å². The third-order valence-electron chi connectivity index (χ3n) is 6.14. The molecule has 6 heteroatoms. The Kier molecular flexibility index (Phi) is 12.6. The summed E-state index contributed by atoms with van der Waals surface area (Å²) in [7, 11) is 0. The predicted octanol–water partition coefficient (Wildman–Crippen LogP) is 6.78. The lowest BCUT2D eigenvalue weighted by Gasteiger charge is -2.39. The average molecular weight is 487 g/mol. The molecular formula is C29H42O6. The van der Waals surface area contributed by atoms with Crippen molar-refractivity contribution >= 4 is 5.97 Å². The maximum Gasteiger partial charge on any atom is 0.338 e. The first-order valence-corrected chi connectivity index (χ1v) is 13.0. The lowest BCUT2D eigenvalue weighted by molar-refractivity contribution is -0.283. The van der Waals surface area contributed by atoms with Gasteiger partial charge in [0.05, 0.1) is 5.56 Å². The molecule has 1 atom stereocenters. The molecule has 0 aliphatic carbocycles. The molecule has 194 valence electrons. The van der Waals surface area contributed by atoms with E-state index in [1.165, 1.54) is 31.4 Å². The highest BCUT2D eigenvalue weighted by Gasteiger charge is 2.43. The minimum Gasteiger partial charge on any atom is -0.508 e. The Labute approximate surface area is 210 Å². The van der Waals surface area contributed by atoms with Crippen LogP contribution in [0.15, 0.2) is 48.5 Å². The van der Waals surface area contributed by atoms with E-state index in [0.29, 0.717) is 38.0 Å². The maximum atomic E-state index is 13.1. The molecule has 2 N–H and O–H groups in total. The number of ether oxygens (including phenoxy) is 3. The van der Waals surface area contributed by atoms with Crippen molar-refractivity contribution in [2.24, 2.45) is 0 Å². The lowest BCUT2D eigenvalue weighted by atomic mass is 9.95. The van der Waals surface area contributed by atoms with E-state index in [9.17, 15) is 15.0 Å². The van der Waals surface area contributed by atoms with Crippen LogP contribution in [0.25, 0.3) is 0 Å². The zero-order valence-electron chi connectivity index (χ0n) is 21.5. The van der Waals surface area contributed by atoms with Gasteiger partial charge in [-0.15, -0.1) is 0 Å². The number of phenols is 2. The van der Waals surface area contributed by atoms with Crippen LogP contribution in [0.2, 0.25) is 0 Å². The number of rotatable bonds is 17. The molecule has 0 aliphatic rings. The molecule has 0 aliphatic heterocycles. The Bertz CT molecular complexity index is 840. The Hall–Kier alpha value is -2.57. The normalized spacial score (nSPS) is 12.4. The number of aryl methyl sites for hydroxylation is 1. The van der Waals surface area contributed by atoms with Gasteiger partial charge < -0.3 is 24.4 Å². The van der Waals surface area contributed by atoms with Crippen LogP contribution in [0.4, 0.5) is 0 Å².